The van der Waals surface area contributed by atoms with Crippen molar-refractivity contribution in [3.05, 3.63) is 47.4 Å². The number of carbonyl (C=O) groups is 1. The average molecular weight is 417 g/mol. The molecule has 0 unspecified atom stereocenters. The third-order valence-electron chi connectivity index (χ3n) is 5.45. The molecule has 0 saturated carbocycles. The lowest BCUT2D eigenvalue weighted by molar-refractivity contribution is 0.0417. The van der Waals surface area contributed by atoms with E-state index in [0.29, 0.717) is 31.9 Å². The number of anilines is 1. The molecular weight excluding hydrogens is 383 g/mol. The first-order chi connectivity index (χ1) is 13.9. The van der Waals surface area contributed by atoms with Crippen LogP contribution in [0.5, 0.6) is 0 Å². The average Bonchev–Trinajstić information content (AvgIpc) is 3.07. The van der Waals surface area contributed by atoms with Gasteiger partial charge in [0, 0.05) is 24.7 Å². The maximum atomic E-state index is 13.4. The molecule has 30 heavy (non-hydrogen) atoms. The molecule has 1 aromatic carbocycles. The van der Waals surface area contributed by atoms with Crippen molar-refractivity contribution in [2.24, 2.45) is 0 Å². The molecule has 3 rings (SSSR count). The highest BCUT2D eigenvalue weighted by Crippen LogP contribution is 2.33. The van der Waals surface area contributed by atoms with Gasteiger partial charge in [0.15, 0.2) is 0 Å². The Morgan fingerprint density at radius 2 is 1.70 bits per heavy atom. The summed E-state index contributed by atoms with van der Waals surface area (Å²) in [6.45, 7) is 13.5. The van der Waals surface area contributed by atoms with Gasteiger partial charge in [-0.2, -0.15) is 5.10 Å². The molecule has 2 heterocycles. The normalized spacial score (nSPS) is 16.9. The van der Waals surface area contributed by atoms with Gasteiger partial charge in [-0.15, -0.1) is 0 Å². The number of carbonyl (C=O) groups excluding carboxylic acids is 1. The summed E-state index contributed by atoms with van der Waals surface area (Å²) in [5.74, 6) is 0.348. The number of halogens is 1. The van der Waals surface area contributed by atoms with Crippen LogP contribution in [0.15, 0.2) is 30.3 Å². The van der Waals surface area contributed by atoms with Crippen LogP contribution in [0.1, 0.15) is 65.6 Å². The first kappa shape index (κ1) is 22.3. The maximum Gasteiger partial charge on any atom is 0.321 e. The van der Waals surface area contributed by atoms with Gasteiger partial charge in [-0.25, -0.2) is 13.9 Å². The number of nitrogens with one attached hydrogen (secondary N) is 2. The van der Waals surface area contributed by atoms with Gasteiger partial charge in [0.25, 0.3) is 0 Å². The Balaban J connectivity index is 1.87. The Hall–Kier alpha value is -2.41. The summed E-state index contributed by atoms with van der Waals surface area (Å²) in [6, 6.07) is 7.94. The van der Waals surface area contributed by atoms with E-state index in [4.69, 9.17) is 9.84 Å². The van der Waals surface area contributed by atoms with Crippen molar-refractivity contribution in [3.8, 4) is 0 Å². The van der Waals surface area contributed by atoms with Crippen LogP contribution in [0.4, 0.5) is 15.0 Å². The summed E-state index contributed by atoms with van der Waals surface area (Å²) in [7, 11) is 0. The van der Waals surface area contributed by atoms with Crippen molar-refractivity contribution in [1.82, 2.24) is 15.1 Å². The third kappa shape index (κ3) is 4.83. The Morgan fingerprint density at radius 1 is 1.10 bits per heavy atom. The molecule has 0 spiro atoms. The van der Waals surface area contributed by atoms with Gasteiger partial charge >= 0.3 is 6.03 Å². The Bertz CT molecular complexity index is 885. The summed E-state index contributed by atoms with van der Waals surface area (Å²) >= 11 is 0. The second kappa shape index (κ2) is 8.02. The van der Waals surface area contributed by atoms with E-state index in [0.717, 1.165) is 11.3 Å². The standard InChI is InChI=1S/C23H33FN4O2/c1-21(2,3)18-15-19(28(27-18)22(4,5)6)25-20(29)26-23(11-13-30-14-12-23)16-7-9-17(24)10-8-16/h7-10,15H,11-14H2,1-6H3,(H2,25,26,29). The fourth-order valence-corrected chi connectivity index (χ4v) is 3.69. The molecule has 2 amide bonds. The number of nitrogens with zero attached hydrogens (tertiary/aromatic N) is 2. The van der Waals surface area contributed by atoms with Crippen LogP contribution in [0.25, 0.3) is 0 Å². The topological polar surface area (TPSA) is 68.2 Å². The molecule has 2 N–H and O–H groups in total. The molecular formula is C23H33FN4O2. The first-order valence-corrected chi connectivity index (χ1v) is 10.4. The highest BCUT2D eigenvalue weighted by atomic mass is 19.1. The minimum Gasteiger partial charge on any atom is -0.381 e. The largest absolute Gasteiger partial charge is 0.381 e. The van der Waals surface area contributed by atoms with Crippen molar-refractivity contribution in [3.63, 3.8) is 0 Å². The van der Waals surface area contributed by atoms with Gasteiger partial charge in [0.05, 0.1) is 16.8 Å². The predicted octanol–water partition coefficient (Wildman–Crippen LogP) is 4.90. The predicted molar refractivity (Wildman–Crippen MR) is 116 cm³/mol. The summed E-state index contributed by atoms with van der Waals surface area (Å²) in [5, 5.41) is 10.9. The van der Waals surface area contributed by atoms with Crippen LogP contribution in [0.2, 0.25) is 0 Å². The van der Waals surface area contributed by atoms with Gasteiger partial charge < -0.3 is 10.1 Å². The zero-order valence-electron chi connectivity index (χ0n) is 18.8. The van der Waals surface area contributed by atoms with Crippen molar-refractivity contribution < 1.29 is 13.9 Å². The van der Waals surface area contributed by atoms with E-state index in [2.05, 4.69) is 31.4 Å². The van der Waals surface area contributed by atoms with E-state index in [1.807, 2.05) is 31.5 Å². The van der Waals surface area contributed by atoms with Crippen molar-refractivity contribution in [2.45, 2.75) is 70.9 Å². The number of hydrogen-bond acceptors (Lipinski definition) is 3. The van der Waals surface area contributed by atoms with Gasteiger partial charge in [-0.1, -0.05) is 32.9 Å². The van der Waals surface area contributed by atoms with Crippen molar-refractivity contribution in [2.75, 3.05) is 18.5 Å². The van der Waals surface area contributed by atoms with E-state index >= 15 is 0 Å². The van der Waals surface area contributed by atoms with Crippen LogP contribution < -0.4 is 10.6 Å². The second-order valence-corrected chi connectivity index (χ2v) is 10.0. The van der Waals surface area contributed by atoms with Gasteiger partial charge in [-0.3, -0.25) is 5.32 Å². The van der Waals surface area contributed by atoms with E-state index in [-0.39, 0.29) is 22.8 Å². The third-order valence-corrected chi connectivity index (χ3v) is 5.45. The fourth-order valence-electron chi connectivity index (χ4n) is 3.69. The quantitative estimate of drug-likeness (QED) is 0.748. The molecule has 1 aromatic heterocycles. The van der Waals surface area contributed by atoms with Crippen LogP contribution in [-0.4, -0.2) is 29.0 Å². The highest BCUT2D eigenvalue weighted by molar-refractivity contribution is 5.89. The molecule has 2 aromatic rings. The molecule has 164 valence electrons. The van der Waals surface area contributed by atoms with Crippen LogP contribution >= 0.6 is 0 Å². The molecule has 6 nitrogen and oxygen atoms in total. The number of ether oxygens (including phenoxy) is 1. The van der Waals surface area contributed by atoms with E-state index in [1.54, 1.807) is 12.1 Å². The minimum absolute atomic E-state index is 0.139. The maximum absolute atomic E-state index is 13.4. The summed E-state index contributed by atoms with van der Waals surface area (Å²) in [5.41, 5.74) is 0.753. The Kier molecular flexibility index (Phi) is 5.96. The summed E-state index contributed by atoms with van der Waals surface area (Å²) in [4.78, 5) is 13.1. The van der Waals surface area contributed by atoms with E-state index in [1.165, 1.54) is 12.1 Å². The molecule has 0 radical (unpaired) electrons. The van der Waals surface area contributed by atoms with Crippen LogP contribution in [0, 0.1) is 5.82 Å². The SMILES string of the molecule is CC(C)(C)c1cc(NC(=O)NC2(c3ccc(F)cc3)CCOCC2)n(C(C)(C)C)n1. The number of amides is 2. The van der Waals surface area contributed by atoms with E-state index < -0.39 is 5.54 Å². The van der Waals surface area contributed by atoms with E-state index in [9.17, 15) is 9.18 Å². The molecule has 0 atom stereocenters. The Morgan fingerprint density at radius 3 is 2.23 bits per heavy atom. The van der Waals surface area contributed by atoms with Gasteiger partial charge in [-0.05, 0) is 51.3 Å². The van der Waals surface area contributed by atoms with Gasteiger partial charge in [0.2, 0.25) is 0 Å². The number of rotatable bonds is 3. The number of hydrogen-bond donors (Lipinski definition) is 2. The molecule has 7 heteroatoms. The zero-order chi connectivity index (χ0) is 22.2. The van der Waals surface area contributed by atoms with Crippen LogP contribution in [-0.2, 0) is 21.2 Å². The second-order valence-electron chi connectivity index (χ2n) is 10.0. The van der Waals surface area contributed by atoms with Crippen LogP contribution in [0.3, 0.4) is 0 Å². The van der Waals surface area contributed by atoms with Crippen molar-refractivity contribution in [1.29, 1.82) is 0 Å². The lowest BCUT2D eigenvalue weighted by atomic mass is 9.83. The number of benzene rings is 1. The summed E-state index contributed by atoms with van der Waals surface area (Å²) in [6.07, 6.45) is 1.25. The molecule has 0 aliphatic carbocycles. The first-order valence-electron chi connectivity index (χ1n) is 10.4. The fraction of sp³-hybridized carbons (Fsp3) is 0.565. The molecule has 1 aliphatic rings. The molecule has 0 bridgehead atoms. The number of aromatic nitrogens is 2. The lowest BCUT2D eigenvalue weighted by Gasteiger charge is -2.38. The molecule has 1 fully saturated rings. The highest BCUT2D eigenvalue weighted by Gasteiger charge is 2.36. The smallest absolute Gasteiger partial charge is 0.321 e. The van der Waals surface area contributed by atoms with Crippen molar-refractivity contribution >= 4 is 11.8 Å². The Labute approximate surface area is 178 Å². The lowest BCUT2D eigenvalue weighted by Crippen LogP contribution is -2.51. The van der Waals surface area contributed by atoms with Gasteiger partial charge in [0.1, 0.15) is 11.6 Å². The number of urea groups is 1. The monoisotopic (exact) mass is 416 g/mol. The molecule has 1 saturated heterocycles. The molecule has 1 aliphatic heterocycles. The summed E-state index contributed by atoms with van der Waals surface area (Å²) < 4.78 is 20.8. The minimum atomic E-state index is -0.602. The zero-order valence-corrected chi connectivity index (χ0v) is 18.8.